The van der Waals surface area contributed by atoms with Gasteiger partial charge in [0.05, 0.1) is 17.3 Å². The number of carbonyl (C=O) groups is 1. The minimum atomic E-state index is -0.447. The maximum atomic E-state index is 12.4. The molecule has 0 atom stereocenters. The second-order valence-corrected chi connectivity index (χ2v) is 5.81. The fraction of sp³-hybridized carbons (Fsp3) is 0.118. The summed E-state index contributed by atoms with van der Waals surface area (Å²) in [5.74, 6) is -0.239. The smallest absolute Gasteiger partial charge is 0.280 e. The number of benzene rings is 2. The number of nitrogen functional groups attached to an aromatic ring is 1. The van der Waals surface area contributed by atoms with Gasteiger partial charge in [-0.3, -0.25) is 4.79 Å². The maximum Gasteiger partial charge on any atom is 0.280 e. The first-order chi connectivity index (χ1) is 11.5. The third-order valence-corrected chi connectivity index (χ3v) is 3.85. The van der Waals surface area contributed by atoms with Gasteiger partial charge in [0.1, 0.15) is 0 Å². The van der Waals surface area contributed by atoms with Crippen LogP contribution in [0.3, 0.4) is 0 Å². The van der Waals surface area contributed by atoms with Gasteiger partial charge in [-0.1, -0.05) is 53.2 Å². The Bertz CT molecular complexity index is 876. The highest BCUT2D eigenvalue weighted by Crippen LogP contribution is 2.23. The van der Waals surface area contributed by atoms with E-state index in [1.165, 1.54) is 4.68 Å². The average molecular weight is 342 g/mol. The highest BCUT2D eigenvalue weighted by atomic mass is 35.5. The van der Waals surface area contributed by atoms with Crippen molar-refractivity contribution in [1.82, 2.24) is 15.0 Å². The summed E-state index contributed by atoms with van der Waals surface area (Å²) < 4.78 is 1.49. The van der Waals surface area contributed by atoms with E-state index >= 15 is 0 Å². The molecule has 2 aromatic carbocycles. The van der Waals surface area contributed by atoms with Gasteiger partial charge in [-0.25, -0.2) is 4.68 Å². The van der Waals surface area contributed by atoms with Gasteiger partial charge < -0.3 is 11.1 Å². The van der Waals surface area contributed by atoms with Gasteiger partial charge >= 0.3 is 0 Å². The SMILES string of the molecule is Cc1ccc(NC(=O)c2nnn(Cc3ccccc3)c2N)c(Cl)c1. The monoisotopic (exact) mass is 341 g/mol. The zero-order chi connectivity index (χ0) is 17.1. The van der Waals surface area contributed by atoms with Gasteiger partial charge in [-0.15, -0.1) is 5.10 Å². The van der Waals surface area contributed by atoms with Crippen LogP contribution in [0.25, 0.3) is 0 Å². The third-order valence-electron chi connectivity index (χ3n) is 3.54. The number of anilines is 2. The van der Waals surface area contributed by atoms with E-state index in [-0.39, 0.29) is 11.5 Å². The lowest BCUT2D eigenvalue weighted by molar-refractivity contribution is 0.102. The predicted octanol–water partition coefficient (Wildman–Crippen LogP) is 3.12. The molecule has 0 saturated heterocycles. The molecule has 1 amide bonds. The maximum absolute atomic E-state index is 12.4. The van der Waals surface area contributed by atoms with E-state index in [0.717, 1.165) is 11.1 Å². The second-order valence-electron chi connectivity index (χ2n) is 5.40. The lowest BCUT2D eigenvalue weighted by Crippen LogP contribution is -2.15. The zero-order valence-electron chi connectivity index (χ0n) is 13.0. The Balaban J connectivity index is 1.78. The van der Waals surface area contributed by atoms with Gasteiger partial charge in [-0.05, 0) is 30.2 Å². The molecule has 0 fully saturated rings. The molecule has 0 aliphatic rings. The van der Waals surface area contributed by atoms with Crippen LogP contribution in [0.5, 0.6) is 0 Å². The Morgan fingerprint density at radius 1 is 1.25 bits per heavy atom. The van der Waals surface area contributed by atoms with Crippen molar-refractivity contribution in [2.45, 2.75) is 13.5 Å². The van der Waals surface area contributed by atoms with E-state index in [1.54, 1.807) is 12.1 Å². The van der Waals surface area contributed by atoms with Gasteiger partial charge in [0, 0.05) is 0 Å². The van der Waals surface area contributed by atoms with Crippen LogP contribution in [-0.2, 0) is 6.54 Å². The van der Waals surface area contributed by atoms with Crippen molar-refractivity contribution in [2.75, 3.05) is 11.1 Å². The number of amides is 1. The summed E-state index contributed by atoms with van der Waals surface area (Å²) >= 11 is 6.13. The standard InChI is InChI=1S/C17H16ClN5O/c1-11-7-8-14(13(18)9-11)20-17(24)15-16(19)23(22-21-15)10-12-5-3-2-4-6-12/h2-9H,10,19H2,1H3,(H,20,24). The molecule has 0 saturated carbocycles. The number of rotatable bonds is 4. The topological polar surface area (TPSA) is 85.8 Å². The number of nitrogens with one attached hydrogen (secondary N) is 1. The van der Waals surface area contributed by atoms with Crippen LogP contribution in [0.15, 0.2) is 48.5 Å². The van der Waals surface area contributed by atoms with E-state index in [2.05, 4.69) is 15.6 Å². The molecule has 0 radical (unpaired) electrons. The first-order valence-corrected chi connectivity index (χ1v) is 7.73. The number of nitrogens with two attached hydrogens (primary N) is 1. The minimum Gasteiger partial charge on any atom is -0.382 e. The van der Waals surface area contributed by atoms with Crippen molar-refractivity contribution in [2.24, 2.45) is 0 Å². The molecule has 0 aliphatic heterocycles. The van der Waals surface area contributed by atoms with E-state index < -0.39 is 5.91 Å². The van der Waals surface area contributed by atoms with Crippen LogP contribution >= 0.6 is 11.6 Å². The molecule has 3 aromatic rings. The molecule has 1 heterocycles. The number of nitrogens with zero attached hydrogens (tertiary/aromatic N) is 3. The first-order valence-electron chi connectivity index (χ1n) is 7.35. The van der Waals surface area contributed by atoms with E-state index in [4.69, 9.17) is 17.3 Å². The zero-order valence-corrected chi connectivity index (χ0v) is 13.8. The molecule has 6 nitrogen and oxygen atoms in total. The summed E-state index contributed by atoms with van der Waals surface area (Å²) in [6, 6.07) is 15.0. The fourth-order valence-corrected chi connectivity index (χ4v) is 2.54. The lowest BCUT2D eigenvalue weighted by Gasteiger charge is -2.07. The number of carbonyl (C=O) groups excluding carboxylic acids is 1. The fourth-order valence-electron chi connectivity index (χ4n) is 2.26. The van der Waals surface area contributed by atoms with Gasteiger partial charge in [-0.2, -0.15) is 0 Å². The summed E-state index contributed by atoms with van der Waals surface area (Å²) in [6.07, 6.45) is 0. The largest absolute Gasteiger partial charge is 0.382 e. The van der Waals surface area contributed by atoms with E-state index in [0.29, 0.717) is 17.3 Å². The molecule has 0 unspecified atom stereocenters. The lowest BCUT2D eigenvalue weighted by atomic mass is 10.2. The molecule has 3 N–H and O–H groups in total. The van der Waals surface area contributed by atoms with Crippen LogP contribution in [0.4, 0.5) is 11.5 Å². The number of halogens is 1. The van der Waals surface area contributed by atoms with Crippen LogP contribution in [0.2, 0.25) is 5.02 Å². The summed E-state index contributed by atoms with van der Waals surface area (Å²) in [7, 11) is 0. The summed E-state index contributed by atoms with van der Waals surface area (Å²) in [6.45, 7) is 2.36. The minimum absolute atomic E-state index is 0.0718. The molecule has 3 rings (SSSR count). The highest BCUT2D eigenvalue weighted by Gasteiger charge is 2.18. The van der Waals surface area contributed by atoms with Crippen molar-refractivity contribution in [1.29, 1.82) is 0 Å². The van der Waals surface area contributed by atoms with Crippen LogP contribution in [0, 0.1) is 6.92 Å². The molecule has 0 bridgehead atoms. The Kier molecular flexibility index (Phi) is 4.48. The quantitative estimate of drug-likeness (QED) is 0.763. The summed E-state index contributed by atoms with van der Waals surface area (Å²) in [4.78, 5) is 12.4. The van der Waals surface area contributed by atoms with Crippen LogP contribution < -0.4 is 11.1 Å². The van der Waals surface area contributed by atoms with Crippen LogP contribution in [0.1, 0.15) is 21.6 Å². The summed E-state index contributed by atoms with van der Waals surface area (Å²) in [5, 5.41) is 11.0. The molecule has 0 spiro atoms. The number of hydrogen-bond donors (Lipinski definition) is 2. The van der Waals surface area contributed by atoms with Crippen molar-refractivity contribution < 1.29 is 4.79 Å². The Labute approximate surface area is 144 Å². The predicted molar refractivity (Wildman–Crippen MR) is 94.1 cm³/mol. The van der Waals surface area contributed by atoms with Gasteiger partial charge in [0.25, 0.3) is 5.91 Å². The molecule has 7 heteroatoms. The van der Waals surface area contributed by atoms with Crippen molar-refractivity contribution in [3.8, 4) is 0 Å². The summed E-state index contributed by atoms with van der Waals surface area (Å²) in [5.41, 5.74) is 8.61. The van der Waals surface area contributed by atoms with Gasteiger partial charge in [0.2, 0.25) is 0 Å². The van der Waals surface area contributed by atoms with E-state index in [1.807, 2.05) is 43.3 Å². The molecular formula is C17H16ClN5O. The number of aryl methyl sites for hydroxylation is 1. The first kappa shape index (κ1) is 16.0. The van der Waals surface area contributed by atoms with Crippen molar-refractivity contribution in [3.05, 3.63) is 70.4 Å². The number of aromatic nitrogens is 3. The molecule has 122 valence electrons. The Morgan fingerprint density at radius 2 is 2.00 bits per heavy atom. The molecule has 0 aliphatic carbocycles. The van der Waals surface area contributed by atoms with Crippen molar-refractivity contribution >= 4 is 29.0 Å². The Hall–Kier alpha value is -2.86. The molecule has 1 aromatic heterocycles. The van der Waals surface area contributed by atoms with Crippen molar-refractivity contribution in [3.63, 3.8) is 0 Å². The molecular weight excluding hydrogens is 326 g/mol. The van der Waals surface area contributed by atoms with Crippen LogP contribution in [-0.4, -0.2) is 20.9 Å². The normalized spacial score (nSPS) is 10.6. The highest BCUT2D eigenvalue weighted by molar-refractivity contribution is 6.34. The second kappa shape index (κ2) is 6.72. The molecule has 24 heavy (non-hydrogen) atoms. The third kappa shape index (κ3) is 3.38. The van der Waals surface area contributed by atoms with E-state index in [9.17, 15) is 4.79 Å². The van der Waals surface area contributed by atoms with Gasteiger partial charge in [0.15, 0.2) is 11.5 Å². The number of hydrogen-bond acceptors (Lipinski definition) is 4. The average Bonchev–Trinajstić information content (AvgIpc) is 2.92. The Morgan fingerprint density at radius 3 is 2.71 bits per heavy atom.